The highest BCUT2D eigenvalue weighted by atomic mass is 32.2. The van der Waals surface area contributed by atoms with Gasteiger partial charge in [-0.2, -0.15) is 0 Å². The van der Waals surface area contributed by atoms with Gasteiger partial charge in [0, 0.05) is 13.6 Å². The van der Waals surface area contributed by atoms with Crippen LogP contribution in [0.1, 0.15) is 35.7 Å². The molecule has 5 nitrogen and oxygen atoms in total. The van der Waals surface area contributed by atoms with Crippen molar-refractivity contribution in [3.05, 3.63) is 29.1 Å². The summed E-state index contributed by atoms with van der Waals surface area (Å²) in [6.07, 6.45) is 1.69. The van der Waals surface area contributed by atoms with Gasteiger partial charge in [-0.25, -0.2) is 17.9 Å². The van der Waals surface area contributed by atoms with E-state index >= 15 is 0 Å². The summed E-state index contributed by atoms with van der Waals surface area (Å²) in [5.74, 6) is -1.27. The van der Waals surface area contributed by atoms with E-state index in [0.29, 0.717) is 6.54 Å². The van der Waals surface area contributed by atoms with Crippen molar-refractivity contribution in [2.75, 3.05) is 13.6 Å². The van der Waals surface area contributed by atoms with Gasteiger partial charge in [-0.15, -0.1) is 0 Å². The summed E-state index contributed by atoms with van der Waals surface area (Å²) in [5, 5.41) is 5.03. The Morgan fingerprint density at radius 1 is 1.40 bits per heavy atom. The molecule has 0 bridgehead atoms. The zero-order valence-corrected chi connectivity index (χ0v) is 12.6. The van der Waals surface area contributed by atoms with Crippen LogP contribution in [-0.4, -0.2) is 32.8 Å². The molecule has 0 saturated carbocycles. The average molecular weight is 302 g/mol. The van der Waals surface area contributed by atoms with E-state index in [4.69, 9.17) is 5.14 Å². The second-order valence-electron chi connectivity index (χ2n) is 4.73. The fraction of sp³-hybridized carbons (Fsp3) is 0.462. The highest BCUT2D eigenvalue weighted by Crippen LogP contribution is 2.20. The first kappa shape index (κ1) is 16.6. The largest absolute Gasteiger partial charge is 0.342 e. The number of aryl methyl sites for hydroxylation is 1. The van der Waals surface area contributed by atoms with E-state index in [2.05, 4.69) is 0 Å². The average Bonchev–Trinajstić information content (AvgIpc) is 2.36. The van der Waals surface area contributed by atoms with Crippen molar-refractivity contribution in [3.63, 3.8) is 0 Å². The summed E-state index contributed by atoms with van der Waals surface area (Å²) < 4.78 is 36.7. The summed E-state index contributed by atoms with van der Waals surface area (Å²) in [6, 6.07) is 2.11. The number of amides is 1. The number of hydrogen-bond donors (Lipinski definition) is 1. The first-order valence-electron chi connectivity index (χ1n) is 6.27. The fourth-order valence-electron chi connectivity index (χ4n) is 1.76. The van der Waals surface area contributed by atoms with Crippen molar-refractivity contribution in [1.82, 2.24) is 4.90 Å². The number of sulfonamides is 1. The Hall–Kier alpha value is -1.47. The van der Waals surface area contributed by atoms with E-state index in [1.165, 1.54) is 11.8 Å². The molecule has 7 heteroatoms. The van der Waals surface area contributed by atoms with E-state index in [9.17, 15) is 17.6 Å². The number of carbonyl (C=O) groups is 1. The number of nitrogens with zero attached hydrogens (tertiary/aromatic N) is 1. The number of rotatable bonds is 5. The van der Waals surface area contributed by atoms with Crippen LogP contribution in [0.25, 0.3) is 0 Å². The third kappa shape index (κ3) is 3.77. The molecule has 0 radical (unpaired) electrons. The van der Waals surface area contributed by atoms with Crippen LogP contribution in [0.2, 0.25) is 0 Å². The Morgan fingerprint density at radius 3 is 2.50 bits per heavy atom. The van der Waals surface area contributed by atoms with Gasteiger partial charge in [0.15, 0.2) is 0 Å². The fourth-order valence-corrected chi connectivity index (χ4v) is 2.38. The van der Waals surface area contributed by atoms with Crippen molar-refractivity contribution < 1.29 is 17.6 Å². The Bertz CT molecular complexity index is 614. The van der Waals surface area contributed by atoms with Gasteiger partial charge in [-0.1, -0.05) is 13.3 Å². The molecule has 0 heterocycles. The molecule has 1 rings (SSSR count). The SMILES string of the molecule is CCCCN(C)C(=O)c1cc(S(N)(=O)=O)cc(C)c1F. The highest BCUT2D eigenvalue weighted by molar-refractivity contribution is 7.89. The molecule has 1 amide bonds. The molecule has 112 valence electrons. The molecule has 0 aliphatic carbocycles. The molecule has 0 aliphatic heterocycles. The van der Waals surface area contributed by atoms with Crippen molar-refractivity contribution in [3.8, 4) is 0 Å². The number of carbonyl (C=O) groups excluding carboxylic acids is 1. The highest BCUT2D eigenvalue weighted by Gasteiger charge is 2.21. The number of hydrogen-bond acceptors (Lipinski definition) is 3. The zero-order chi connectivity index (χ0) is 15.5. The minimum Gasteiger partial charge on any atom is -0.342 e. The molecule has 0 saturated heterocycles. The molecule has 0 fully saturated rings. The second kappa shape index (κ2) is 6.32. The topological polar surface area (TPSA) is 80.5 Å². The van der Waals surface area contributed by atoms with E-state index in [1.807, 2.05) is 6.92 Å². The number of nitrogens with two attached hydrogens (primary N) is 1. The first-order chi connectivity index (χ1) is 9.18. The molecule has 0 unspecified atom stereocenters. The van der Waals surface area contributed by atoms with Gasteiger partial charge in [0.05, 0.1) is 10.5 Å². The Morgan fingerprint density at radius 2 is 2.00 bits per heavy atom. The van der Waals surface area contributed by atoms with Crippen LogP contribution in [0.4, 0.5) is 4.39 Å². The summed E-state index contributed by atoms with van der Waals surface area (Å²) in [5.41, 5.74) is -0.198. The van der Waals surface area contributed by atoms with Crippen molar-refractivity contribution in [1.29, 1.82) is 0 Å². The van der Waals surface area contributed by atoms with Crippen LogP contribution < -0.4 is 5.14 Å². The predicted molar refractivity (Wildman–Crippen MR) is 74.4 cm³/mol. The van der Waals surface area contributed by atoms with E-state index in [1.54, 1.807) is 7.05 Å². The number of benzene rings is 1. The zero-order valence-electron chi connectivity index (χ0n) is 11.8. The van der Waals surface area contributed by atoms with Gasteiger partial charge in [-0.3, -0.25) is 4.79 Å². The van der Waals surface area contributed by atoms with Gasteiger partial charge in [0.1, 0.15) is 5.82 Å². The van der Waals surface area contributed by atoms with E-state index in [-0.39, 0.29) is 16.0 Å². The van der Waals surface area contributed by atoms with Gasteiger partial charge in [-0.05, 0) is 31.0 Å². The number of unbranched alkanes of at least 4 members (excludes halogenated alkanes) is 1. The third-order valence-electron chi connectivity index (χ3n) is 2.98. The molecule has 0 spiro atoms. The first-order valence-corrected chi connectivity index (χ1v) is 7.81. The minimum atomic E-state index is -3.98. The van der Waals surface area contributed by atoms with Crippen LogP contribution in [-0.2, 0) is 10.0 Å². The second-order valence-corrected chi connectivity index (χ2v) is 6.29. The molecular weight excluding hydrogens is 283 g/mol. The Balaban J connectivity index is 3.24. The molecule has 2 N–H and O–H groups in total. The van der Waals surface area contributed by atoms with Gasteiger partial charge < -0.3 is 4.90 Å². The van der Waals surface area contributed by atoms with Crippen LogP contribution in [0, 0.1) is 12.7 Å². The maximum absolute atomic E-state index is 14.0. The summed E-state index contributed by atoms with van der Waals surface area (Å²) in [7, 11) is -2.43. The molecule has 1 aromatic rings. The Kier molecular flexibility index (Phi) is 5.24. The lowest BCUT2D eigenvalue weighted by molar-refractivity contribution is 0.0788. The van der Waals surface area contributed by atoms with Gasteiger partial charge in [0.25, 0.3) is 5.91 Å². The lowest BCUT2D eigenvalue weighted by atomic mass is 10.1. The van der Waals surface area contributed by atoms with Crippen molar-refractivity contribution in [2.24, 2.45) is 5.14 Å². The number of primary sulfonamides is 1. The van der Waals surface area contributed by atoms with Crippen LogP contribution in [0.15, 0.2) is 17.0 Å². The molecule has 0 aliphatic rings. The van der Waals surface area contributed by atoms with Crippen LogP contribution in [0.3, 0.4) is 0 Å². The Labute approximate surface area is 118 Å². The summed E-state index contributed by atoms with van der Waals surface area (Å²) in [6.45, 7) is 3.85. The van der Waals surface area contributed by atoms with Crippen molar-refractivity contribution >= 4 is 15.9 Å². The summed E-state index contributed by atoms with van der Waals surface area (Å²) >= 11 is 0. The molecule has 0 atom stereocenters. The minimum absolute atomic E-state index is 0.0729. The summed E-state index contributed by atoms with van der Waals surface area (Å²) in [4.78, 5) is 13.3. The standard InChI is InChI=1S/C13H19FN2O3S/c1-4-5-6-16(3)13(17)11-8-10(20(15,18)19)7-9(2)12(11)14/h7-8H,4-6H2,1-3H3,(H2,15,18,19). The quantitative estimate of drug-likeness (QED) is 0.898. The molecule has 1 aromatic carbocycles. The monoisotopic (exact) mass is 302 g/mol. The maximum Gasteiger partial charge on any atom is 0.256 e. The lowest BCUT2D eigenvalue weighted by Gasteiger charge is -2.18. The van der Waals surface area contributed by atoms with E-state index < -0.39 is 21.7 Å². The van der Waals surface area contributed by atoms with Gasteiger partial charge in [0.2, 0.25) is 10.0 Å². The molecular formula is C13H19FN2O3S. The van der Waals surface area contributed by atoms with Crippen molar-refractivity contribution in [2.45, 2.75) is 31.6 Å². The van der Waals surface area contributed by atoms with Crippen LogP contribution in [0.5, 0.6) is 0 Å². The molecule has 20 heavy (non-hydrogen) atoms. The van der Waals surface area contributed by atoms with Crippen LogP contribution >= 0.6 is 0 Å². The number of halogens is 1. The smallest absolute Gasteiger partial charge is 0.256 e. The normalized spacial score (nSPS) is 11.4. The maximum atomic E-state index is 14.0. The molecule has 0 aromatic heterocycles. The third-order valence-corrected chi connectivity index (χ3v) is 3.87. The lowest BCUT2D eigenvalue weighted by Crippen LogP contribution is -2.29. The van der Waals surface area contributed by atoms with E-state index in [0.717, 1.165) is 25.0 Å². The predicted octanol–water partition coefficient (Wildman–Crippen LogP) is 1.65. The van der Waals surface area contributed by atoms with Gasteiger partial charge >= 0.3 is 0 Å².